The molecule has 3 rings (SSSR count). The Labute approximate surface area is 161 Å². The van der Waals surface area contributed by atoms with Crippen LogP contribution in [-0.4, -0.2) is 22.1 Å². The third kappa shape index (κ3) is 4.18. The maximum absolute atomic E-state index is 12.6. The number of esters is 1. The fraction of sp³-hybridized carbons (Fsp3) is 0.238. The van der Waals surface area contributed by atoms with E-state index in [9.17, 15) is 9.59 Å². The fourth-order valence-electron chi connectivity index (χ4n) is 2.84. The predicted molar refractivity (Wildman–Crippen MR) is 103 cm³/mol. The molecule has 0 saturated heterocycles. The zero-order chi connectivity index (χ0) is 20.1. The number of ether oxygens (including phenoxy) is 2. The number of nitrogens with zero attached hydrogens (tertiary/aromatic N) is 3. The van der Waals surface area contributed by atoms with Gasteiger partial charge in [0.05, 0.1) is 17.0 Å². The molecule has 0 fully saturated rings. The number of nitriles is 1. The Morgan fingerprint density at radius 2 is 2.00 bits per heavy atom. The lowest BCUT2D eigenvalue weighted by Crippen LogP contribution is -2.26. The normalized spacial score (nSPS) is 10.5. The van der Waals surface area contributed by atoms with Gasteiger partial charge in [-0.1, -0.05) is 29.8 Å². The van der Waals surface area contributed by atoms with Gasteiger partial charge in [-0.3, -0.25) is 9.36 Å². The maximum Gasteiger partial charge on any atom is 0.344 e. The number of aryl methyl sites for hydroxylation is 2. The van der Waals surface area contributed by atoms with Gasteiger partial charge in [0.1, 0.15) is 18.9 Å². The van der Waals surface area contributed by atoms with Crippen molar-refractivity contribution >= 4 is 16.9 Å². The van der Waals surface area contributed by atoms with Gasteiger partial charge in [-0.25, -0.2) is 9.78 Å². The van der Waals surface area contributed by atoms with Gasteiger partial charge in [0, 0.05) is 0 Å². The molecule has 0 N–H and O–H groups in total. The van der Waals surface area contributed by atoms with Crippen molar-refractivity contribution in [1.82, 2.24) is 9.55 Å². The second-order valence-corrected chi connectivity index (χ2v) is 6.31. The molecule has 0 radical (unpaired) electrons. The molecule has 0 atom stereocenters. The molecule has 142 valence electrons. The quantitative estimate of drug-likeness (QED) is 0.613. The summed E-state index contributed by atoms with van der Waals surface area (Å²) in [6.07, 6.45) is 0. The fourth-order valence-corrected chi connectivity index (χ4v) is 2.84. The molecule has 0 saturated carbocycles. The molecule has 0 spiro atoms. The lowest BCUT2D eigenvalue weighted by Gasteiger charge is -2.12. The molecule has 0 amide bonds. The number of rotatable bonds is 6. The van der Waals surface area contributed by atoms with Crippen molar-refractivity contribution < 1.29 is 14.3 Å². The minimum atomic E-state index is -0.592. The van der Waals surface area contributed by atoms with Crippen LogP contribution in [0.25, 0.3) is 10.9 Å². The lowest BCUT2D eigenvalue weighted by atomic mass is 10.1. The van der Waals surface area contributed by atoms with E-state index in [4.69, 9.17) is 14.7 Å². The molecule has 0 aliphatic carbocycles. The monoisotopic (exact) mass is 377 g/mol. The second-order valence-electron chi connectivity index (χ2n) is 6.31. The summed E-state index contributed by atoms with van der Waals surface area (Å²) in [5, 5.41) is 9.42. The smallest absolute Gasteiger partial charge is 0.344 e. The number of hydrogen-bond acceptors (Lipinski definition) is 6. The topological polar surface area (TPSA) is 94.2 Å². The molecule has 0 bridgehead atoms. The molecule has 0 aliphatic rings. The van der Waals surface area contributed by atoms with Crippen molar-refractivity contribution in [3.05, 3.63) is 69.8 Å². The molecule has 7 nitrogen and oxygen atoms in total. The summed E-state index contributed by atoms with van der Waals surface area (Å²) in [6, 6.07) is 14.4. The molecular formula is C21H19N3O4. The van der Waals surface area contributed by atoms with Crippen LogP contribution in [0.2, 0.25) is 0 Å². The zero-order valence-corrected chi connectivity index (χ0v) is 15.6. The Bertz CT molecular complexity index is 1130. The van der Waals surface area contributed by atoms with Crippen LogP contribution in [0.5, 0.6) is 5.75 Å². The van der Waals surface area contributed by atoms with Crippen molar-refractivity contribution in [2.24, 2.45) is 0 Å². The van der Waals surface area contributed by atoms with Crippen LogP contribution in [0.3, 0.4) is 0 Å². The first-order valence-corrected chi connectivity index (χ1v) is 8.70. The van der Waals surface area contributed by atoms with E-state index in [2.05, 4.69) is 4.98 Å². The van der Waals surface area contributed by atoms with Crippen molar-refractivity contribution in [2.45, 2.75) is 27.0 Å². The zero-order valence-electron chi connectivity index (χ0n) is 15.6. The van der Waals surface area contributed by atoms with E-state index in [-0.39, 0.29) is 31.1 Å². The van der Waals surface area contributed by atoms with E-state index < -0.39 is 5.97 Å². The lowest BCUT2D eigenvalue weighted by molar-refractivity contribution is -0.147. The van der Waals surface area contributed by atoms with E-state index in [1.165, 1.54) is 4.57 Å². The Morgan fingerprint density at radius 1 is 1.21 bits per heavy atom. The van der Waals surface area contributed by atoms with Crippen molar-refractivity contribution in [3.63, 3.8) is 0 Å². The number of para-hydroxylation sites is 1. The summed E-state index contributed by atoms with van der Waals surface area (Å²) >= 11 is 0. The molecule has 3 aromatic rings. The van der Waals surface area contributed by atoms with Crippen LogP contribution in [0.15, 0.2) is 47.3 Å². The van der Waals surface area contributed by atoms with E-state index in [0.717, 1.165) is 11.1 Å². The van der Waals surface area contributed by atoms with Crippen molar-refractivity contribution in [2.75, 3.05) is 6.61 Å². The molecule has 1 aromatic heterocycles. The first-order chi connectivity index (χ1) is 13.5. The largest absolute Gasteiger partial charge is 0.482 e. The van der Waals surface area contributed by atoms with Crippen LogP contribution < -0.4 is 10.3 Å². The number of hydrogen-bond donors (Lipinski definition) is 0. The van der Waals surface area contributed by atoms with E-state index in [0.29, 0.717) is 16.7 Å². The Morgan fingerprint density at radius 3 is 2.75 bits per heavy atom. The van der Waals surface area contributed by atoms with Crippen LogP contribution in [0.4, 0.5) is 0 Å². The minimum absolute atomic E-state index is 0.178. The highest BCUT2D eigenvalue weighted by atomic mass is 16.6. The first kappa shape index (κ1) is 19.1. The second kappa shape index (κ2) is 8.35. The van der Waals surface area contributed by atoms with Gasteiger partial charge in [-0.15, -0.1) is 0 Å². The molecule has 7 heteroatoms. The Balaban J connectivity index is 1.72. The third-order valence-corrected chi connectivity index (χ3v) is 4.21. The number of carbonyl (C=O) groups excluding carboxylic acids is 1. The van der Waals surface area contributed by atoms with Gasteiger partial charge in [0.2, 0.25) is 0 Å². The molecule has 2 aromatic carbocycles. The minimum Gasteiger partial charge on any atom is -0.482 e. The maximum atomic E-state index is 12.6. The highest BCUT2D eigenvalue weighted by molar-refractivity contribution is 5.77. The van der Waals surface area contributed by atoms with Gasteiger partial charge >= 0.3 is 5.97 Å². The SMILES string of the molecule is Cc1ccc(OCC(=O)OCc2nc3ccccc3c(=O)n2CC#N)c(C)c1. The van der Waals surface area contributed by atoms with Gasteiger partial charge in [0.15, 0.2) is 12.4 Å². The summed E-state index contributed by atoms with van der Waals surface area (Å²) in [5.74, 6) is 0.226. The summed E-state index contributed by atoms with van der Waals surface area (Å²) in [4.78, 5) is 29.0. The van der Waals surface area contributed by atoms with Gasteiger partial charge < -0.3 is 9.47 Å². The van der Waals surface area contributed by atoms with Crippen LogP contribution in [0.1, 0.15) is 17.0 Å². The summed E-state index contributed by atoms with van der Waals surface area (Å²) in [5.41, 5.74) is 2.17. The van der Waals surface area contributed by atoms with E-state index >= 15 is 0 Å². The van der Waals surface area contributed by atoms with E-state index in [1.54, 1.807) is 30.3 Å². The van der Waals surface area contributed by atoms with Crippen LogP contribution in [0, 0.1) is 25.2 Å². The van der Waals surface area contributed by atoms with Crippen molar-refractivity contribution in [1.29, 1.82) is 5.26 Å². The molecule has 1 heterocycles. The molecule has 0 aliphatic heterocycles. The average molecular weight is 377 g/mol. The highest BCUT2D eigenvalue weighted by Gasteiger charge is 2.13. The number of aromatic nitrogens is 2. The van der Waals surface area contributed by atoms with Gasteiger partial charge in [-0.05, 0) is 37.6 Å². The van der Waals surface area contributed by atoms with Crippen LogP contribution >= 0.6 is 0 Å². The van der Waals surface area contributed by atoms with E-state index in [1.807, 2.05) is 32.0 Å². The number of fused-ring (bicyclic) bond motifs is 1. The summed E-state index contributed by atoms with van der Waals surface area (Å²) in [7, 11) is 0. The Kier molecular flexibility index (Phi) is 5.70. The Hall–Kier alpha value is -3.66. The average Bonchev–Trinajstić information content (AvgIpc) is 2.68. The highest BCUT2D eigenvalue weighted by Crippen LogP contribution is 2.18. The first-order valence-electron chi connectivity index (χ1n) is 8.70. The molecule has 28 heavy (non-hydrogen) atoms. The van der Waals surface area contributed by atoms with Crippen LogP contribution in [-0.2, 0) is 22.7 Å². The van der Waals surface area contributed by atoms with Gasteiger partial charge in [-0.2, -0.15) is 5.26 Å². The van der Waals surface area contributed by atoms with Crippen molar-refractivity contribution in [3.8, 4) is 11.8 Å². The molecular weight excluding hydrogens is 358 g/mol. The standard InChI is InChI=1S/C21H19N3O4/c1-14-7-8-18(15(2)11-14)27-13-20(25)28-12-19-23-17-6-4-3-5-16(17)21(26)24(19)10-9-22/h3-8,11H,10,12-13H2,1-2H3. The third-order valence-electron chi connectivity index (χ3n) is 4.21. The summed E-state index contributed by atoms with van der Waals surface area (Å²) < 4.78 is 11.9. The van der Waals surface area contributed by atoms with Gasteiger partial charge in [0.25, 0.3) is 5.56 Å². The predicted octanol–water partition coefficient (Wildman–Crippen LogP) is 2.66. The number of carbonyl (C=O) groups is 1. The molecule has 0 unspecified atom stereocenters. The summed E-state index contributed by atoms with van der Waals surface area (Å²) in [6.45, 7) is 3.20. The number of benzene rings is 2.